The zero-order valence-electron chi connectivity index (χ0n) is 8.99. The van der Waals surface area contributed by atoms with Gasteiger partial charge < -0.3 is 16.2 Å². The van der Waals surface area contributed by atoms with E-state index < -0.39 is 5.91 Å². The van der Waals surface area contributed by atoms with E-state index in [9.17, 15) is 14.7 Å². The third-order valence-corrected chi connectivity index (χ3v) is 2.21. The van der Waals surface area contributed by atoms with Crippen molar-refractivity contribution in [2.75, 3.05) is 6.54 Å². The van der Waals surface area contributed by atoms with E-state index >= 15 is 0 Å². The molecule has 2 amide bonds. The minimum Gasteiger partial charge on any atom is -0.508 e. The molecule has 0 unspecified atom stereocenters. The Hall–Kier alpha value is -2.04. The number of benzene rings is 1. The molecule has 0 bridgehead atoms. The summed E-state index contributed by atoms with van der Waals surface area (Å²) in [6.45, 7) is 1.85. The average Bonchev–Trinajstić information content (AvgIpc) is 2.21. The van der Waals surface area contributed by atoms with Gasteiger partial charge in [-0.15, -0.1) is 0 Å². The molecule has 5 nitrogen and oxygen atoms in total. The molecule has 0 aliphatic rings. The zero-order valence-corrected chi connectivity index (χ0v) is 8.99. The van der Waals surface area contributed by atoms with E-state index in [1.54, 1.807) is 19.1 Å². The lowest BCUT2D eigenvalue weighted by Crippen LogP contribution is -2.28. The van der Waals surface area contributed by atoms with Gasteiger partial charge in [-0.2, -0.15) is 0 Å². The lowest BCUT2D eigenvalue weighted by molar-refractivity contribution is -0.117. The molecule has 0 aliphatic heterocycles. The molecule has 0 radical (unpaired) electrons. The van der Waals surface area contributed by atoms with Crippen LogP contribution in [0.4, 0.5) is 0 Å². The lowest BCUT2D eigenvalue weighted by atomic mass is 10.1. The van der Waals surface area contributed by atoms with Gasteiger partial charge in [0.15, 0.2) is 0 Å². The molecule has 0 spiro atoms. The molecule has 1 aromatic carbocycles. The summed E-state index contributed by atoms with van der Waals surface area (Å²) in [5, 5.41) is 12.0. The fourth-order valence-electron chi connectivity index (χ4n) is 1.26. The number of nitrogens with one attached hydrogen (secondary N) is 1. The van der Waals surface area contributed by atoms with E-state index in [1.807, 2.05) is 0 Å². The van der Waals surface area contributed by atoms with Gasteiger partial charge >= 0.3 is 0 Å². The topological polar surface area (TPSA) is 92.4 Å². The molecule has 86 valence electrons. The number of phenolic OH excluding ortho intramolecular Hbond substituents is 1. The van der Waals surface area contributed by atoms with Crippen molar-refractivity contribution >= 4 is 11.8 Å². The van der Waals surface area contributed by atoms with Crippen molar-refractivity contribution < 1.29 is 14.7 Å². The third kappa shape index (κ3) is 2.98. The minimum absolute atomic E-state index is 0.0718. The van der Waals surface area contributed by atoms with Crippen LogP contribution < -0.4 is 11.1 Å². The highest BCUT2D eigenvalue weighted by Gasteiger charge is 2.10. The number of hydrogen-bond acceptors (Lipinski definition) is 3. The maximum atomic E-state index is 11.6. The fourth-order valence-corrected chi connectivity index (χ4v) is 1.26. The van der Waals surface area contributed by atoms with Crippen LogP contribution in [0.25, 0.3) is 0 Å². The molecule has 1 aromatic rings. The Morgan fingerprint density at radius 3 is 2.75 bits per heavy atom. The Labute approximate surface area is 93.3 Å². The maximum absolute atomic E-state index is 11.6. The normalized spacial score (nSPS) is 9.81. The first kappa shape index (κ1) is 12.0. The molecule has 5 heteroatoms. The van der Waals surface area contributed by atoms with Crippen LogP contribution in [0.5, 0.6) is 5.75 Å². The molecule has 4 N–H and O–H groups in total. The second-order valence-corrected chi connectivity index (χ2v) is 3.42. The summed E-state index contributed by atoms with van der Waals surface area (Å²) in [6.07, 6.45) is 0.101. The molecule has 0 heterocycles. The molecule has 1 rings (SSSR count). The number of nitrogens with two attached hydrogens (primary N) is 1. The molecule has 0 atom stereocenters. The fraction of sp³-hybridized carbons (Fsp3) is 0.273. The van der Waals surface area contributed by atoms with Gasteiger partial charge in [0.2, 0.25) is 5.91 Å². The molecule has 0 fully saturated rings. The van der Waals surface area contributed by atoms with Crippen LogP contribution in [0.3, 0.4) is 0 Å². The third-order valence-electron chi connectivity index (χ3n) is 2.21. The molecular formula is C11H14N2O3. The van der Waals surface area contributed by atoms with Crippen LogP contribution in [0, 0.1) is 6.92 Å². The van der Waals surface area contributed by atoms with Gasteiger partial charge in [0, 0.05) is 24.1 Å². The summed E-state index contributed by atoms with van der Waals surface area (Å²) in [4.78, 5) is 22.1. The second kappa shape index (κ2) is 5.16. The lowest BCUT2D eigenvalue weighted by Gasteiger charge is -2.07. The Morgan fingerprint density at radius 2 is 2.12 bits per heavy atom. The highest BCUT2D eigenvalue weighted by molar-refractivity contribution is 5.96. The Bertz CT molecular complexity index is 416. The highest BCUT2D eigenvalue weighted by Crippen LogP contribution is 2.19. The van der Waals surface area contributed by atoms with Gasteiger partial charge in [-0.1, -0.05) is 6.07 Å². The van der Waals surface area contributed by atoms with Crippen LogP contribution >= 0.6 is 0 Å². The first-order chi connectivity index (χ1) is 7.52. The summed E-state index contributed by atoms with van der Waals surface area (Å²) >= 11 is 0. The van der Waals surface area contributed by atoms with Crippen LogP contribution in [0.15, 0.2) is 18.2 Å². The first-order valence-electron chi connectivity index (χ1n) is 4.87. The largest absolute Gasteiger partial charge is 0.508 e. The molecule has 16 heavy (non-hydrogen) atoms. The SMILES string of the molecule is Cc1c(O)cccc1C(=O)NCCC(N)=O. The number of rotatable bonds is 4. The standard InChI is InChI=1S/C11H14N2O3/c1-7-8(3-2-4-9(7)14)11(16)13-6-5-10(12)15/h2-4,14H,5-6H2,1H3,(H2,12,15)(H,13,16). The van der Waals surface area contributed by atoms with E-state index in [2.05, 4.69) is 5.32 Å². The summed E-state index contributed by atoms with van der Waals surface area (Å²) in [5.41, 5.74) is 5.85. The van der Waals surface area contributed by atoms with Gasteiger partial charge in [0.1, 0.15) is 5.75 Å². The average molecular weight is 222 g/mol. The Morgan fingerprint density at radius 1 is 1.44 bits per heavy atom. The van der Waals surface area contributed by atoms with Crippen LogP contribution in [0.1, 0.15) is 22.3 Å². The van der Waals surface area contributed by atoms with Crippen molar-refractivity contribution in [3.05, 3.63) is 29.3 Å². The predicted molar refractivity (Wildman–Crippen MR) is 59.0 cm³/mol. The summed E-state index contributed by atoms with van der Waals surface area (Å²) in [6, 6.07) is 4.70. The van der Waals surface area contributed by atoms with E-state index in [1.165, 1.54) is 6.07 Å². The number of primary amides is 1. The van der Waals surface area contributed by atoms with Crippen molar-refractivity contribution in [3.8, 4) is 5.75 Å². The predicted octanol–water partition coefficient (Wildman–Crippen LogP) is 0.306. The molecule has 0 aliphatic carbocycles. The van der Waals surface area contributed by atoms with E-state index in [0.29, 0.717) is 11.1 Å². The smallest absolute Gasteiger partial charge is 0.251 e. The van der Waals surface area contributed by atoms with Gasteiger partial charge in [0.05, 0.1) is 0 Å². The van der Waals surface area contributed by atoms with Gasteiger partial charge in [-0.3, -0.25) is 9.59 Å². The number of phenols is 1. The minimum atomic E-state index is -0.465. The molecule has 0 saturated carbocycles. The van der Waals surface area contributed by atoms with Crippen LogP contribution in [0.2, 0.25) is 0 Å². The molecule has 0 saturated heterocycles. The van der Waals surface area contributed by atoms with Crippen molar-refractivity contribution in [3.63, 3.8) is 0 Å². The summed E-state index contributed by atoms with van der Waals surface area (Å²) < 4.78 is 0. The quantitative estimate of drug-likeness (QED) is 0.684. The number of aromatic hydroxyl groups is 1. The molecular weight excluding hydrogens is 208 g/mol. The summed E-state index contributed by atoms with van der Waals surface area (Å²) in [5.74, 6) is -0.717. The van der Waals surface area contributed by atoms with Crippen molar-refractivity contribution in [2.24, 2.45) is 5.73 Å². The number of carbonyl (C=O) groups is 2. The first-order valence-corrected chi connectivity index (χ1v) is 4.87. The Kier molecular flexibility index (Phi) is 3.88. The van der Waals surface area contributed by atoms with E-state index in [-0.39, 0.29) is 24.6 Å². The van der Waals surface area contributed by atoms with E-state index in [4.69, 9.17) is 5.73 Å². The van der Waals surface area contributed by atoms with Gasteiger partial charge in [0.25, 0.3) is 5.91 Å². The highest BCUT2D eigenvalue weighted by atomic mass is 16.3. The van der Waals surface area contributed by atoms with Crippen LogP contribution in [-0.4, -0.2) is 23.5 Å². The zero-order chi connectivity index (χ0) is 12.1. The monoisotopic (exact) mass is 222 g/mol. The Balaban J connectivity index is 2.66. The molecule has 0 aromatic heterocycles. The van der Waals surface area contributed by atoms with Crippen molar-refractivity contribution in [1.29, 1.82) is 0 Å². The van der Waals surface area contributed by atoms with Crippen molar-refractivity contribution in [2.45, 2.75) is 13.3 Å². The second-order valence-electron chi connectivity index (χ2n) is 3.42. The maximum Gasteiger partial charge on any atom is 0.251 e. The van der Waals surface area contributed by atoms with Crippen molar-refractivity contribution in [1.82, 2.24) is 5.32 Å². The number of amides is 2. The van der Waals surface area contributed by atoms with Crippen LogP contribution in [-0.2, 0) is 4.79 Å². The van der Waals surface area contributed by atoms with E-state index in [0.717, 1.165) is 0 Å². The van der Waals surface area contributed by atoms with Gasteiger partial charge in [-0.25, -0.2) is 0 Å². The number of carbonyl (C=O) groups excluding carboxylic acids is 2. The van der Waals surface area contributed by atoms with Gasteiger partial charge in [-0.05, 0) is 19.1 Å². The summed E-state index contributed by atoms with van der Waals surface area (Å²) in [7, 11) is 0. The number of hydrogen-bond donors (Lipinski definition) is 3.